The minimum atomic E-state index is 0.897. The van der Waals surface area contributed by atoms with Crippen LogP contribution in [-0.2, 0) is 0 Å². The summed E-state index contributed by atoms with van der Waals surface area (Å²) in [7, 11) is 0. The van der Waals surface area contributed by atoms with E-state index in [1.165, 1.54) is 6.26 Å². The lowest BCUT2D eigenvalue weighted by molar-refractivity contribution is 0.475. The number of para-hydroxylation sites is 1. The molecule has 0 aromatic heterocycles. The Morgan fingerprint density at radius 1 is 1.33 bits per heavy atom. The monoisotopic (exact) mass is 160 g/mol. The molecule has 0 saturated carbocycles. The van der Waals surface area contributed by atoms with Crippen LogP contribution in [0.4, 0.5) is 0 Å². The van der Waals surface area contributed by atoms with Crippen LogP contribution < -0.4 is 4.74 Å². The highest BCUT2D eigenvalue weighted by Crippen LogP contribution is 2.22. The van der Waals surface area contributed by atoms with E-state index in [2.05, 4.69) is 12.3 Å². The molecule has 0 heterocycles. The molecule has 0 saturated heterocycles. The van der Waals surface area contributed by atoms with Crippen LogP contribution in [0.2, 0.25) is 0 Å². The van der Waals surface area contributed by atoms with Crippen molar-refractivity contribution in [2.45, 2.75) is 13.8 Å². The van der Waals surface area contributed by atoms with Crippen molar-refractivity contribution in [3.63, 3.8) is 0 Å². The summed E-state index contributed by atoms with van der Waals surface area (Å²) in [5.74, 6) is 0.897. The standard InChI is InChI=1S/C11H12O/c1-4-8-12-11-9(2)6-5-7-10(11)3/h5-8H,1H2,2-3H3. The molecule has 0 aliphatic heterocycles. The summed E-state index contributed by atoms with van der Waals surface area (Å²) in [6.45, 7) is 7.46. The van der Waals surface area contributed by atoms with Crippen molar-refractivity contribution in [1.82, 2.24) is 0 Å². The first-order chi connectivity index (χ1) is 5.75. The van der Waals surface area contributed by atoms with Crippen LogP contribution >= 0.6 is 0 Å². The molecule has 0 fully saturated rings. The fourth-order valence-electron chi connectivity index (χ4n) is 1.09. The van der Waals surface area contributed by atoms with Crippen LogP contribution in [0.15, 0.2) is 36.8 Å². The third-order valence-corrected chi connectivity index (χ3v) is 1.67. The molecule has 1 aromatic rings. The average Bonchev–Trinajstić information content (AvgIpc) is 2.04. The Hall–Kier alpha value is -1.46. The van der Waals surface area contributed by atoms with Crippen molar-refractivity contribution >= 4 is 0 Å². The zero-order chi connectivity index (χ0) is 8.97. The zero-order valence-electron chi connectivity index (χ0n) is 7.42. The summed E-state index contributed by atoms with van der Waals surface area (Å²) in [6.07, 6.45) is 1.47. The molecule has 0 spiro atoms. The lowest BCUT2D eigenvalue weighted by Gasteiger charge is -2.06. The van der Waals surface area contributed by atoms with Crippen LogP contribution in [0.1, 0.15) is 11.1 Å². The van der Waals surface area contributed by atoms with Gasteiger partial charge in [-0.15, -0.1) is 0 Å². The second kappa shape index (κ2) is 3.80. The molecule has 1 rings (SSSR count). The van der Waals surface area contributed by atoms with Crippen LogP contribution in [0.3, 0.4) is 0 Å². The number of hydrogen-bond donors (Lipinski definition) is 0. The summed E-state index contributed by atoms with van der Waals surface area (Å²) >= 11 is 0. The number of aryl methyl sites for hydroxylation is 2. The van der Waals surface area contributed by atoms with Gasteiger partial charge in [0, 0.05) is 0 Å². The Kier molecular flexibility index (Phi) is 2.73. The molecule has 0 radical (unpaired) electrons. The third kappa shape index (κ3) is 1.77. The molecular formula is C11H12O. The van der Waals surface area contributed by atoms with Gasteiger partial charge in [0.05, 0.1) is 0 Å². The number of ether oxygens (including phenoxy) is 1. The van der Waals surface area contributed by atoms with Gasteiger partial charge in [-0.25, -0.2) is 0 Å². The van der Waals surface area contributed by atoms with E-state index in [0.717, 1.165) is 16.9 Å². The van der Waals surface area contributed by atoms with Crippen molar-refractivity contribution in [3.8, 4) is 5.75 Å². The van der Waals surface area contributed by atoms with Crippen molar-refractivity contribution in [1.29, 1.82) is 0 Å². The highest BCUT2D eigenvalue weighted by atomic mass is 16.5. The summed E-state index contributed by atoms with van der Waals surface area (Å²) in [4.78, 5) is 0. The number of hydrogen-bond acceptors (Lipinski definition) is 1. The molecule has 1 nitrogen and oxygen atoms in total. The van der Waals surface area contributed by atoms with Crippen molar-refractivity contribution < 1.29 is 4.74 Å². The highest BCUT2D eigenvalue weighted by molar-refractivity contribution is 5.40. The van der Waals surface area contributed by atoms with Gasteiger partial charge < -0.3 is 4.74 Å². The second-order valence-corrected chi connectivity index (χ2v) is 2.66. The zero-order valence-corrected chi connectivity index (χ0v) is 7.42. The fraction of sp³-hybridized carbons (Fsp3) is 0.182. The number of benzene rings is 1. The summed E-state index contributed by atoms with van der Waals surface area (Å²) < 4.78 is 5.32. The SMILES string of the molecule is C=C=COc1c(C)cccc1C. The molecule has 1 aromatic carbocycles. The summed E-state index contributed by atoms with van der Waals surface area (Å²) in [5.41, 5.74) is 4.83. The van der Waals surface area contributed by atoms with Gasteiger partial charge >= 0.3 is 0 Å². The predicted octanol–water partition coefficient (Wildman–Crippen LogP) is 2.98. The Bertz CT molecular complexity index is 300. The Morgan fingerprint density at radius 3 is 2.42 bits per heavy atom. The van der Waals surface area contributed by atoms with Gasteiger partial charge in [0.1, 0.15) is 12.0 Å². The molecular weight excluding hydrogens is 148 g/mol. The maximum atomic E-state index is 5.32. The summed E-state index contributed by atoms with van der Waals surface area (Å²) in [6, 6.07) is 6.04. The first kappa shape index (κ1) is 8.63. The molecule has 0 aliphatic carbocycles. The minimum absolute atomic E-state index is 0.897. The maximum Gasteiger partial charge on any atom is 0.133 e. The maximum absolute atomic E-state index is 5.32. The molecule has 1 heteroatoms. The van der Waals surface area contributed by atoms with Gasteiger partial charge in [0.25, 0.3) is 0 Å². The van der Waals surface area contributed by atoms with E-state index in [0.29, 0.717) is 0 Å². The predicted molar refractivity (Wildman–Crippen MR) is 50.3 cm³/mol. The van der Waals surface area contributed by atoms with Gasteiger partial charge in [-0.3, -0.25) is 0 Å². The molecule has 0 amide bonds. The topological polar surface area (TPSA) is 9.23 Å². The van der Waals surface area contributed by atoms with Crippen LogP contribution in [-0.4, -0.2) is 0 Å². The molecule has 0 bridgehead atoms. The van der Waals surface area contributed by atoms with Gasteiger partial charge in [0.15, 0.2) is 0 Å². The Balaban J connectivity index is 3.03. The molecule has 0 atom stereocenters. The van der Waals surface area contributed by atoms with Crippen molar-refractivity contribution in [3.05, 3.63) is 47.9 Å². The van der Waals surface area contributed by atoms with Crippen LogP contribution in [0.25, 0.3) is 0 Å². The van der Waals surface area contributed by atoms with Gasteiger partial charge in [-0.2, -0.15) is 0 Å². The molecule has 0 aliphatic rings. The first-order valence-corrected chi connectivity index (χ1v) is 3.83. The van der Waals surface area contributed by atoms with E-state index in [4.69, 9.17) is 4.74 Å². The molecule has 0 N–H and O–H groups in total. The fourth-order valence-corrected chi connectivity index (χ4v) is 1.09. The first-order valence-electron chi connectivity index (χ1n) is 3.83. The number of rotatable bonds is 2. The average molecular weight is 160 g/mol. The van der Waals surface area contributed by atoms with Crippen molar-refractivity contribution in [2.75, 3.05) is 0 Å². The van der Waals surface area contributed by atoms with Gasteiger partial charge in [-0.1, -0.05) is 30.5 Å². The van der Waals surface area contributed by atoms with E-state index in [1.807, 2.05) is 32.0 Å². The van der Waals surface area contributed by atoms with E-state index >= 15 is 0 Å². The normalized spacial score (nSPS) is 8.83. The van der Waals surface area contributed by atoms with Crippen molar-refractivity contribution in [2.24, 2.45) is 0 Å². The summed E-state index contributed by atoms with van der Waals surface area (Å²) in [5, 5.41) is 0. The molecule has 62 valence electrons. The van der Waals surface area contributed by atoms with E-state index < -0.39 is 0 Å². The van der Waals surface area contributed by atoms with E-state index in [1.54, 1.807) is 0 Å². The third-order valence-electron chi connectivity index (χ3n) is 1.67. The quantitative estimate of drug-likeness (QED) is 0.477. The molecule has 12 heavy (non-hydrogen) atoms. The largest absolute Gasteiger partial charge is 0.456 e. The smallest absolute Gasteiger partial charge is 0.133 e. The van der Waals surface area contributed by atoms with Crippen LogP contribution in [0, 0.1) is 13.8 Å². The second-order valence-electron chi connectivity index (χ2n) is 2.66. The Labute approximate surface area is 73.0 Å². The van der Waals surface area contributed by atoms with E-state index in [-0.39, 0.29) is 0 Å². The minimum Gasteiger partial charge on any atom is -0.456 e. The molecule has 0 unspecified atom stereocenters. The lowest BCUT2D eigenvalue weighted by Crippen LogP contribution is -1.88. The van der Waals surface area contributed by atoms with Crippen LogP contribution in [0.5, 0.6) is 5.75 Å². The van der Waals surface area contributed by atoms with Gasteiger partial charge in [0.2, 0.25) is 0 Å². The Morgan fingerprint density at radius 2 is 1.92 bits per heavy atom. The highest BCUT2D eigenvalue weighted by Gasteiger charge is 1.99. The van der Waals surface area contributed by atoms with Gasteiger partial charge in [-0.05, 0) is 25.0 Å². The van der Waals surface area contributed by atoms with E-state index in [9.17, 15) is 0 Å². The lowest BCUT2D eigenvalue weighted by atomic mass is 10.1.